The van der Waals surface area contributed by atoms with Crippen molar-refractivity contribution in [1.82, 2.24) is 5.32 Å². The van der Waals surface area contributed by atoms with E-state index >= 15 is 0 Å². The van der Waals surface area contributed by atoms with E-state index in [1.165, 1.54) is 0 Å². The van der Waals surface area contributed by atoms with E-state index in [-0.39, 0.29) is 23.8 Å². The lowest BCUT2D eigenvalue weighted by Gasteiger charge is -2.38. The smallest absolute Gasteiger partial charge is 0.250 e. The molecule has 0 spiro atoms. The lowest BCUT2D eigenvalue weighted by Crippen LogP contribution is -2.53. The third-order valence-electron chi connectivity index (χ3n) is 5.14. The van der Waals surface area contributed by atoms with Gasteiger partial charge in [0.05, 0.1) is 6.04 Å². The standard InChI is InChI=1S/C21H22N2O2/c1-14(15-7-3-2-4-8-15)23-19-10-6-5-9-17(19)13-18(21(23)25)22-20(24)16-11-12-16/h2-10,14,16,18H,11-13H2,1H3,(H,22,24)/t14-,18+/m0/s1. The first-order valence-corrected chi connectivity index (χ1v) is 8.91. The van der Waals surface area contributed by atoms with E-state index in [2.05, 4.69) is 5.32 Å². The van der Waals surface area contributed by atoms with Crippen molar-refractivity contribution in [1.29, 1.82) is 0 Å². The number of para-hydroxylation sites is 1. The summed E-state index contributed by atoms with van der Waals surface area (Å²) in [5.74, 6) is 0.0964. The molecule has 4 heteroatoms. The third kappa shape index (κ3) is 3.04. The molecular formula is C21H22N2O2. The zero-order valence-electron chi connectivity index (χ0n) is 14.3. The summed E-state index contributed by atoms with van der Waals surface area (Å²) in [7, 11) is 0. The van der Waals surface area contributed by atoms with Crippen LogP contribution in [0, 0.1) is 5.92 Å². The first-order valence-electron chi connectivity index (χ1n) is 8.91. The summed E-state index contributed by atoms with van der Waals surface area (Å²) in [6.07, 6.45) is 2.44. The molecule has 25 heavy (non-hydrogen) atoms. The minimum absolute atomic E-state index is 0.0186. The van der Waals surface area contributed by atoms with E-state index in [4.69, 9.17) is 0 Å². The van der Waals surface area contributed by atoms with E-state index in [1.54, 1.807) is 0 Å². The minimum atomic E-state index is -0.478. The van der Waals surface area contributed by atoms with Gasteiger partial charge in [-0.1, -0.05) is 48.5 Å². The molecule has 0 bridgehead atoms. The van der Waals surface area contributed by atoms with Crippen molar-refractivity contribution in [3.63, 3.8) is 0 Å². The van der Waals surface area contributed by atoms with Gasteiger partial charge >= 0.3 is 0 Å². The Kier molecular flexibility index (Phi) is 4.04. The van der Waals surface area contributed by atoms with Gasteiger partial charge in [-0.05, 0) is 37.0 Å². The van der Waals surface area contributed by atoms with E-state index in [0.29, 0.717) is 6.42 Å². The summed E-state index contributed by atoms with van der Waals surface area (Å²) in [6, 6.07) is 17.4. The maximum atomic E-state index is 13.2. The van der Waals surface area contributed by atoms with Gasteiger partial charge in [-0.25, -0.2) is 0 Å². The normalized spacial score (nSPS) is 20.8. The highest BCUT2D eigenvalue weighted by molar-refractivity contribution is 6.02. The van der Waals surface area contributed by atoms with Gasteiger partial charge < -0.3 is 10.2 Å². The molecule has 0 aromatic heterocycles. The molecule has 1 heterocycles. The Morgan fingerprint density at radius 2 is 1.76 bits per heavy atom. The molecule has 0 saturated heterocycles. The van der Waals surface area contributed by atoms with Crippen LogP contribution in [-0.4, -0.2) is 17.9 Å². The molecule has 2 atom stereocenters. The number of carbonyl (C=O) groups excluding carboxylic acids is 2. The van der Waals surface area contributed by atoms with Gasteiger partial charge in [0.15, 0.2) is 0 Å². The second kappa shape index (κ2) is 6.36. The second-order valence-electron chi connectivity index (χ2n) is 6.96. The van der Waals surface area contributed by atoms with Crippen molar-refractivity contribution in [3.05, 3.63) is 65.7 Å². The number of nitrogens with zero attached hydrogens (tertiary/aromatic N) is 1. The van der Waals surface area contributed by atoms with Crippen molar-refractivity contribution in [3.8, 4) is 0 Å². The zero-order chi connectivity index (χ0) is 17.4. The van der Waals surface area contributed by atoms with Gasteiger partial charge in [0.1, 0.15) is 6.04 Å². The lowest BCUT2D eigenvalue weighted by molar-refractivity contribution is -0.128. The van der Waals surface area contributed by atoms with E-state index < -0.39 is 6.04 Å². The average Bonchev–Trinajstić information content (AvgIpc) is 3.48. The number of hydrogen-bond acceptors (Lipinski definition) is 2. The highest BCUT2D eigenvalue weighted by atomic mass is 16.2. The maximum absolute atomic E-state index is 13.2. The van der Waals surface area contributed by atoms with Crippen LogP contribution >= 0.6 is 0 Å². The van der Waals surface area contributed by atoms with Crippen molar-refractivity contribution in [2.75, 3.05) is 4.90 Å². The number of fused-ring (bicyclic) bond motifs is 1. The van der Waals surface area contributed by atoms with E-state index in [0.717, 1.165) is 29.7 Å². The number of anilines is 1. The van der Waals surface area contributed by atoms with Gasteiger partial charge in [-0.2, -0.15) is 0 Å². The largest absolute Gasteiger partial charge is 0.344 e. The number of rotatable bonds is 4. The third-order valence-corrected chi connectivity index (χ3v) is 5.14. The summed E-state index contributed by atoms with van der Waals surface area (Å²) in [6.45, 7) is 2.04. The molecule has 0 unspecified atom stereocenters. The summed E-state index contributed by atoms with van der Waals surface area (Å²) < 4.78 is 0. The molecule has 1 aliphatic heterocycles. The summed E-state index contributed by atoms with van der Waals surface area (Å²) in [5.41, 5.74) is 3.13. The van der Waals surface area contributed by atoms with Crippen LogP contribution in [0.1, 0.15) is 36.9 Å². The Morgan fingerprint density at radius 3 is 2.48 bits per heavy atom. The number of carbonyl (C=O) groups is 2. The van der Waals surface area contributed by atoms with Crippen LogP contribution in [-0.2, 0) is 16.0 Å². The summed E-state index contributed by atoms with van der Waals surface area (Å²) in [5, 5.41) is 2.98. The first kappa shape index (κ1) is 15.9. The highest BCUT2D eigenvalue weighted by Crippen LogP contribution is 2.35. The Balaban J connectivity index is 1.67. The molecule has 1 fully saturated rings. The molecule has 4 nitrogen and oxygen atoms in total. The van der Waals surface area contributed by atoms with Gasteiger partial charge in [0.2, 0.25) is 11.8 Å². The molecule has 1 saturated carbocycles. The molecule has 2 aromatic carbocycles. The van der Waals surface area contributed by atoms with E-state index in [9.17, 15) is 9.59 Å². The Labute approximate surface area is 147 Å². The Bertz CT molecular complexity index is 799. The van der Waals surface area contributed by atoms with Gasteiger partial charge in [-0.3, -0.25) is 9.59 Å². The lowest BCUT2D eigenvalue weighted by atomic mass is 9.94. The van der Waals surface area contributed by atoms with Crippen molar-refractivity contribution >= 4 is 17.5 Å². The van der Waals surface area contributed by atoms with Crippen molar-refractivity contribution in [2.45, 2.75) is 38.3 Å². The van der Waals surface area contributed by atoms with Crippen LogP contribution in [0.15, 0.2) is 54.6 Å². The minimum Gasteiger partial charge on any atom is -0.344 e. The molecule has 1 aliphatic carbocycles. The summed E-state index contributed by atoms with van der Waals surface area (Å²) in [4.78, 5) is 27.2. The maximum Gasteiger partial charge on any atom is 0.250 e. The van der Waals surface area contributed by atoms with Crippen molar-refractivity contribution < 1.29 is 9.59 Å². The fourth-order valence-electron chi connectivity index (χ4n) is 3.54. The van der Waals surface area contributed by atoms with Gasteiger partial charge in [-0.15, -0.1) is 0 Å². The fourth-order valence-corrected chi connectivity index (χ4v) is 3.54. The second-order valence-corrected chi connectivity index (χ2v) is 6.96. The number of nitrogens with one attached hydrogen (secondary N) is 1. The molecule has 4 rings (SSSR count). The fraction of sp³-hybridized carbons (Fsp3) is 0.333. The first-order chi connectivity index (χ1) is 12.1. The van der Waals surface area contributed by atoms with Crippen LogP contribution in [0.3, 0.4) is 0 Å². The van der Waals surface area contributed by atoms with Crippen LogP contribution in [0.2, 0.25) is 0 Å². The zero-order valence-corrected chi connectivity index (χ0v) is 14.3. The Morgan fingerprint density at radius 1 is 1.08 bits per heavy atom. The quantitative estimate of drug-likeness (QED) is 0.933. The molecule has 128 valence electrons. The van der Waals surface area contributed by atoms with Crippen molar-refractivity contribution in [2.24, 2.45) is 5.92 Å². The van der Waals surface area contributed by atoms with Gasteiger partial charge in [0.25, 0.3) is 0 Å². The molecule has 1 N–H and O–H groups in total. The average molecular weight is 334 g/mol. The van der Waals surface area contributed by atoms with Crippen LogP contribution in [0.5, 0.6) is 0 Å². The van der Waals surface area contributed by atoms with Gasteiger partial charge in [0, 0.05) is 18.0 Å². The SMILES string of the molecule is C[C@@H](c1ccccc1)N1C(=O)[C@H](NC(=O)C2CC2)Cc2ccccc21. The number of hydrogen-bond donors (Lipinski definition) is 1. The Hall–Kier alpha value is -2.62. The number of amides is 2. The number of benzene rings is 2. The molecule has 2 aromatic rings. The predicted octanol–water partition coefficient (Wildman–Crippen LogP) is 3.23. The van der Waals surface area contributed by atoms with Crippen LogP contribution in [0.25, 0.3) is 0 Å². The molecular weight excluding hydrogens is 312 g/mol. The topological polar surface area (TPSA) is 49.4 Å². The van der Waals surface area contributed by atoms with Crippen LogP contribution < -0.4 is 10.2 Å². The van der Waals surface area contributed by atoms with Crippen LogP contribution in [0.4, 0.5) is 5.69 Å². The predicted molar refractivity (Wildman–Crippen MR) is 97.1 cm³/mol. The highest BCUT2D eigenvalue weighted by Gasteiger charge is 2.39. The molecule has 2 amide bonds. The monoisotopic (exact) mass is 334 g/mol. The molecule has 0 radical (unpaired) electrons. The van der Waals surface area contributed by atoms with E-state index in [1.807, 2.05) is 66.4 Å². The summed E-state index contributed by atoms with van der Waals surface area (Å²) >= 11 is 0. The molecule has 2 aliphatic rings.